The van der Waals surface area contributed by atoms with Crippen LogP contribution < -0.4 is 11.1 Å². The Labute approximate surface area is 119 Å². The normalized spacial score (nSPS) is 14.6. The van der Waals surface area contributed by atoms with Crippen LogP contribution in [0.2, 0.25) is 0 Å². The summed E-state index contributed by atoms with van der Waals surface area (Å²) in [5.74, 6) is 3.22. The van der Waals surface area contributed by atoms with Crippen molar-refractivity contribution in [3.05, 3.63) is 41.7 Å². The molecule has 1 saturated carbocycles. The van der Waals surface area contributed by atoms with Crippen molar-refractivity contribution >= 4 is 17.3 Å². The Bertz CT molecular complexity index is 600. The average molecular weight is 268 g/mol. The van der Waals surface area contributed by atoms with Crippen molar-refractivity contribution in [2.45, 2.75) is 38.5 Å². The molecule has 4 heteroatoms. The van der Waals surface area contributed by atoms with Crippen LogP contribution in [-0.2, 0) is 0 Å². The third kappa shape index (κ3) is 2.90. The lowest BCUT2D eigenvalue weighted by Gasteiger charge is -2.10. The van der Waals surface area contributed by atoms with Gasteiger partial charge in [-0.2, -0.15) is 0 Å². The lowest BCUT2D eigenvalue weighted by Crippen LogP contribution is -2.02. The van der Waals surface area contributed by atoms with E-state index in [9.17, 15) is 0 Å². The van der Waals surface area contributed by atoms with Crippen molar-refractivity contribution < 1.29 is 0 Å². The number of nitrogens with one attached hydrogen (secondary N) is 1. The van der Waals surface area contributed by atoms with E-state index in [4.69, 9.17) is 5.73 Å². The second-order valence-corrected chi connectivity index (χ2v) is 5.71. The Hall–Kier alpha value is -2.10. The fraction of sp³-hybridized carbons (Fsp3) is 0.375. The molecule has 0 aliphatic heterocycles. The maximum Gasteiger partial charge on any atom is 0.136 e. The van der Waals surface area contributed by atoms with Gasteiger partial charge in [-0.3, -0.25) is 0 Å². The van der Waals surface area contributed by atoms with E-state index in [0.717, 1.165) is 17.3 Å². The molecule has 20 heavy (non-hydrogen) atoms. The molecule has 0 saturated heterocycles. The fourth-order valence-corrected chi connectivity index (χ4v) is 2.17. The van der Waals surface area contributed by atoms with Crippen molar-refractivity contribution in [2.24, 2.45) is 0 Å². The van der Waals surface area contributed by atoms with E-state index in [2.05, 4.69) is 53.4 Å². The van der Waals surface area contributed by atoms with E-state index in [1.807, 2.05) is 0 Å². The molecule has 0 amide bonds. The number of rotatable bonds is 4. The van der Waals surface area contributed by atoms with Crippen LogP contribution in [0.3, 0.4) is 0 Å². The zero-order valence-corrected chi connectivity index (χ0v) is 11.9. The Morgan fingerprint density at radius 3 is 2.45 bits per heavy atom. The topological polar surface area (TPSA) is 63.8 Å². The van der Waals surface area contributed by atoms with Gasteiger partial charge in [-0.25, -0.2) is 9.97 Å². The summed E-state index contributed by atoms with van der Waals surface area (Å²) >= 11 is 0. The highest BCUT2D eigenvalue weighted by Gasteiger charge is 2.27. The number of benzene rings is 1. The molecule has 2 aromatic rings. The van der Waals surface area contributed by atoms with Gasteiger partial charge in [-0.05, 0) is 36.5 Å². The molecule has 0 radical (unpaired) electrons. The number of anilines is 3. The largest absolute Gasteiger partial charge is 0.384 e. The van der Waals surface area contributed by atoms with Crippen LogP contribution in [0.1, 0.15) is 49.9 Å². The molecule has 0 spiro atoms. The molecule has 1 fully saturated rings. The molecule has 3 rings (SSSR count). The van der Waals surface area contributed by atoms with Crippen molar-refractivity contribution in [3.8, 4) is 0 Å². The van der Waals surface area contributed by atoms with Gasteiger partial charge in [-0.1, -0.05) is 26.0 Å². The molecule has 4 nitrogen and oxygen atoms in total. The van der Waals surface area contributed by atoms with Crippen LogP contribution in [0.5, 0.6) is 0 Å². The standard InChI is InChI=1S/C16H20N4/c1-10(2)11-5-7-13(8-6-11)18-15-9-14(17)19-16(20-15)12-3-4-12/h5-10,12H,3-4H2,1-2H3,(H3,17,18,19,20). The molecule has 0 atom stereocenters. The minimum absolute atomic E-state index is 0.502. The van der Waals surface area contributed by atoms with Crippen LogP contribution in [0.4, 0.5) is 17.3 Å². The van der Waals surface area contributed by atoms with Crippen LogP contribution in [0.25, 0.3) is 0 Å². The van der Waals surface area contributed by atoms with E-state index in [-0.39, 0.29) is 0 Å². The summed E-state index contributed by atoms with van der Waals surface area (Å²) in [6, 6.07) is 10.2. The van der Waals surface area contributed by atoms with Crippen molar-refractivity contribution in [3.63, 3.8) is 0 Å². The predicted octanol–water partition coefficient (Wildman–Crippen LogP) is 3.80. The van der Waals surface area contributed by atoms with Crippen molar-refractivity contribution in [1.82, 2.24) is 9.97 Å². The number of hydrogen-bond acceptors (Lipinski definition) is 4. The Balaban J connectivity index is 1.79. The lowest BCUT2D eigenvalue weighted by atomic mass is 10.0. The summed E-state index contributed by atoms with van der Waals surface area (Å²) in [5, 5.41) is 3.30. The molecule has 0 unspecified atom stereocenters. The predicted molar refractivity (Wildman–Crippen MR) is 82.2 cm³/mol. The summed E-state index contributed by atoms with van der Waals surface area (Å²) < 4.78 is 0. The van der Waals surface area contributed by atoms with E-state index in [1.54, 1.807) is 6.07 Å². The summed E-state index contributed by atoms with van der Waals surface area (Å²) in [6.45, 7) is 4.38. The molecule has 1 aliphatic rings. The van der Waals surface area contributed by atoms with Crippen molar-refractivity contribution in [2.75, 3.05) is 11.1 Å². The summed E-state index contributed by atoms with van der Waals surface area (Å²) in [4.78, 5) is 8.85. The van der Waals surface area contributed by atoms with E-state index in [1.165, 1.54) is 18.4 Å². The first-order valence-electron chi connectivity index (χ1n) is 7.13. The monoisotopic (exact) mass is 268 g/mol. The molecule has 104 valence electrons. The molecule has 1 aliphatic carbocycles. The Kier molecular flexibility index (Phi) is 3.30. The van der Waals surface area contributed by atoms with Gasteiger partial charge >= 0.3 is 0 Å². The zero-order valence-electron chi connectivity index (χ0n) is 11.9. The third-order valence-electron chi connectivity index (χ3n) is 3.56. The minimum atomic E-state index is 0.502. The highest BCUT2D eigenvalue weighted by molar-refractivity contribution is 5.59. The fourth-order valence-electron chi connectivity index (χ4n) is 2.17. The van der Waals surface area contributed by atoms with Crippen LogP contribution in [0, 0.1) is 0 Å². The van der Waals surface area contributed by atoms with Gasteiger partial charge in [0, 0.05) is 17.7 Å². The maximum absolute atomic E-state index is 5.85. The molecule has 3 N–H and O–H groups in total. The number of nitrogens with two attached hydrogens (primary N) is 1. The van der Waals surface area contributed by atoms with Crippen LogP contribution in [-0.4, -0.2) is 9.97 Å². The maximum atomic E-state index is 5.85. The Morgan fingerprint density at radius 1 is 1.15 bits per heavy atom. The molecule has 1 heterocycles. The van der Waals surface area contributed by atoms with E-state index < -0.39 is 0 Å². The lowest BCUT2D eigenvalue weighted by molar-refractivity contribution is 0.867. The quantitative estimate of drug-likeness (QED) is 0.885. The summed E-state index contributed by atoms with van der Waals surface area (Å²) in [7, 11) is 0. The summed E-state index contributed by atoms with van der Waals surface area (Å²) in [6.07, 6.45) is 2.35. The number of nitrogens with zero attached hydrogens (tertiary/aromatic N) is 2. The van der Waals surface area contributed by atoms with E-state index in [0.29, 0.717) is 17.7 Å². The minimum Gasteiger partial charge on any atom is -0.384 e. The molecule has 1 aromatic heterocycles. The molecule has 1 aromatic carbocycles. The average Bonchev–Trinajstić information content (AvgIpc) is 3.23. The number of aromatic nitrogens is 2. The van der Waals surface area contributed by atoms with Gasteiger partial charge < -0.3 is 11.1 Å². The van der Waals surface area contributed by atoms with Gasteiger partial charge in [0.1, 0.15) is 17.5 Å². The summed E-state index contributed by atoms with van der Waals surface area (Å²) in [5.41, 5.74) is 8.20. The number of hydrogen-bond donors (Lipinski definition) is 2. The zero-order chi connectivity index (χ0) is 14.1. The van der Waals surface area contributed by atoms with E-state index >= 15 is 0 Å². The van der Waals surface area contributed by atoms with Gasteiger partial charge in [0.15, 0.2) is 0 Å². The molecular formula is C16H20N4. The van der Waals surface area contributed by atoms with Gasteiger partial charge in [-0.15, -0.1) is 0 Å². The third-order valence-corrected chi connectivity index (χ3v) is 3.56. The van der Waals surface area contributed by atoms with Crippen LogP contribution in [0.15, 0.2) is 30.3 Å². The smallest absolute Gasteiger partial charge is 0.136 e. The SMILES string of the molecule is CC(C)c1ccc(Nc2cc(N)nc(C3CC3)n2)cc1. The first-order chi connectivity index (χ1) is 9.61. The van der Waals surface area contributed by atoms with Crippen molar-refractivity contribution in [1.29, 1.82) is 0 Å². The molecular weight excluding hydrogens is 248 g/mol. The highest BCUT2D eigenvalue weighted by atomic mass is 15.1. The number of nitrogen functional groups attached to an aromatic ring is 1. The van der Waals surface area contributed by atoms with Crippen LogP contribution >= 0.6 is 0 Å². The second-order valence-electron chi connectivity index (χ2n) is 5.71. The second kappa shape index (κ2) is 5.12. The van der Waals surface area contributed by atoms with Gasteiger partial charge in [0.05, 0.1) is 0 Å². The first kappa shape index (κ1) is 12.9. The Morgan fingerprint density at radius 2 is 1.85 bits per heavy atom. The van der Waals surface area contributed by atoms with Gasteiger partial charge in [0.2, 0.25) is 0 Å². The first-order valence-corrected chi connectivity index (χ1v) is 7.13. The highest BCUT2D eigenvalue weighted by Crippen LogP contribution is 2.38. The van der Waals surface area contributed by atoms with Gasteiger partial charge in [0.25, 0.3) is 0 Å². The molecule has 0 bridgehead atoms.